The number of benzene rings is 1. The third kappa shape index (κ3) is 1.77. The van der Waals surface area contributed by atoms with E-state index in [4.69, 9.17) is 14.7 Å². The lowest BCUT2D eigenvalue weighted by Crippen LogP contribution is -2.12. The highest BCUT2D eigenvalue weighted by Gasteiger charge is 2.30. The summed E-state index contributed by atoms with van der Waals surface area (Å²) in [6, 6.07) is 8.16. The molecular weight excluding hydrogens is 270 g/mol. The molecule has 0 spiro atoms. The zero-order chi connectivity index (χ0) is 13.5. The molecule has 4 rings (SSSR count). The fraction of sp³-hybridized carbons (Fsp3) is 0.333. The van der Waals surface area contributed by atoms with Crippen molar-refractivity contribution in [1.82, 2.24) is 9.97 Å². The van der Waals surface area contributed by atoms with Crippen molar-refractivity contribution in [2.75, 3.05) is 19.0 Å². The topological polar surface area (TPSA) is 47.0 Å². The highest BCUT2D eigenvalue weighted by molar-refractivity contribution is 7.98. The van der Waals surface area contributed by atoms with Gasteiger partial charge in [0.15, 0.2) is 0 Å². The first kappa shape index (κ1) is 12.0. The van der Waals surface area contributed by atoms with Crippen LogP contribution >= 0.6 is 11.8 Å². The molecule has 3 heterocycles. The largest absolute Gasteiger partial charge is 0.492 e. The van der Waals surface area contributed by atoms with Crippen molar-refractivity contribution in [1.29, 1.82) is 0 Å². The third-order valence-electron chi connectivity index (χ3n) is 3.84. The summed E-state index contributed by atoms with van der Waals surface area (Å²) in [7, 11) is 1.93. The number of para-hydroxylation sites is 1. The zero-order valence-electron chi connectivity index (χ0n) is 11.2. The Bertz CT molecular complexity index is 674. The molecule has 4 nitrogen and oxygen atoms in total. The van der Waals surface area contributed by atoms with Gasteiger partial charge >= 0.3 is 0 Å². The molecule has 1 N–H and O–H groups in total. The second-order valence-corrected chi connectivity index (χ2v) is 5.99. The van der Waals surface area contributed by atoms with Crippen LogP contribution in [-0.4, -0.2) is 23.6 Å². The Labute approximate surface area is 122 Å². The van der Waals surface area contributed by atoms with E-state index in [0.717, 1.165) is 28.9 Å². The summed E-state index contributed by atoms with van der Waals surface area (Å²) in [5, 5.41) is 3.21. The molecule has 102 valence electrons. The van der Waals surface area contributed by atoms with Gasteiger partial charge in [-0.05, 0) is 6.07 Å². The second-order valence-electron chi connectivity index (χ2n) is 5.00. The van der Waals surface area contributed by atoms with Crippen LogP contribution in [0.1, 0.15) is 28.6 Å². The number of nitrogens with one attached hydrogen (secondary N) is 1. The Morgan fingerprint density at radius 3 is 3.05 bits per heavy atom. The van der Waals surface area contributed by atoms with Gasteiger partial charge in [-0.3, -0.25) is 0 Å². The molecule has 0 aliphatic carbocycles. The summed E-state index contributed by atoms with van der Waals surface area (Å²) in [5.74, 6) is 4.94. The van der Waals surface area contributed by atoms with Gasteiger partial charge in [0.05, 0.1) is 11.6 Å². The van der Waals surface area contributed by atoms with Crippen LogP contribution < -0.4 is 10.1 Å². The minimum absolute atomic E-state index is 0.147. The molecule has 2 aromatic rings. The average Bonchev–Trinajstić information content (AvgIpc) is 3.12. The van der Waals surface area contributed by atoms with Crippen molar-refractivity contribution in [3.8, 4) is 5.75 Å². The summed E-state index contributed by atoms with van der Waals surface area (Å²) in [6.45, 7) is 0.633. The number of fused-ring (bicyclic) bond motifs is 2. The van der Waals surface area contributed by atoms with Crippen molar-refractivity contribution < 1.29 is 4.74 Å². The summed E-state index contributed by atoms with van der Waals surface area (Å²) in [4.78, 5) is 9.52. The molecular formula is C15H15N3OS. The van der Waals surface area contributed by atoms with Crippen molar-refractivity contribution in [3.63, 3.8) is 0 Å². The van der Waals surface area contributed by atoms with E-state index in [9.17, 15) is 0 Å². The van der Waals surface area contributed by atoms with Gasteiger partial charge < -0.3 is 10.1 Å². The van der Waals surface area contributed by atoms with Crippen LogP contribution in [0, 0.1) is 0 Å². The van der Waals surface area contributed by atoms with Gasteiger partial charge in [-0.15, -0.1) is 0 Å². The molecule has 1 aromatic heterocycles. The fourth-order valence-corrected chi connectivity index (χ4v) is 3.85. The lowest BCUT2D eigenvalue weighted by atomic mass is 10.0. The predicted molar refractivity (Wildman–Crippen MR) is 80.4 cm³/mol. The lowest BCUT2D eigenvalue weighted by molar-refractivity contribution is 0.339. The van der Waals surface area contributed by atoms with E-state index in [-0.39, 0.29) is 5.92 Å². The van der Waals surface area contributed by atoms with Crippen molar-refractivity contribution in [3.05, 3.63) is 46.9 Å². The Hall–Kier alpha value is -1.75. The second kappa shape index (κ2) is 4.66. The SMILES string of the molecule is CNc1nc(C2COc3ccccc32)nc2c1CSC2. The Balaban J connectivity index is 1.81. The number of hydrogen-bond acceptors (Lipinski definition) is 5. The fourth-order valence-electron chi connectivity index (χ4n) is 2.81. The molecule has 1 unspecified atom stereocenters. The highest BCUT2D eigenvalue weighted by atomic mass is 32.2. The van der Waals surface area contributed by atoms with E-state index in [1.54, 1.807) is 0 Å². The first-order valence-corrected chi connectivity index (χ1v) is 7.89. The van der Waals surface area contributed by atoms with E-state index >= 15 is 0 Å². The van der Waals surface area contributed by atoms with Crippen molar-refractivity contribution in [2.45, 2.75) is 17.4 Å². The number of thioether (sulfide) groups is 1. The minimum atomic E-state index is 0.147. The van der Waals surface area contributed by atoms with Crippen molar-refractivity contribution in [2.24, 2.45) is 0 Å². The van der Waals surface area contributed by atoms with E-state index in [1.807, 2.05) is 37.0 Å². The molecule has 0 amide bonds. The van der Waals surface area contributed by atoms with Crippen LogP contribution in [0.5, 0.6) is 5.75 Å². The summed E-state index contributed by atoms with van der Waals surface area (Å²) < 4.78 is 5.75. The van der Waals surface area contributed by atoms with Gasteiger partial charge in [0, 0.05) is 29.7 Å². The van der Waals surface area contributed by atoms with Gasteiger partial charge in [0.25, 0.3) is 0 Å². The van der Waals surface area contributed by atoms with E-state index in [1.165, 1.54) is 16.8 Å². The van der Waals surface area contributed by atoms with Crippen LogP contribution in [0.4, 0.5) is 5.82 Å². The normalized spacial score (nSPS) is 19.4. The van der Waals surface area contributed by atoms with Crippen LogP contribution in [0.2, 0.25) is 0 Å². The molecule has 20 heavy (non-hydrogen) atoms. The molecule has 0 saturated carbocycles. The number of anilines is 1. The molecule has 2 aliphatic heterocycles. The number of ether oxygens (including phenoxy) is 1. The number of nitrogens with zero attached hydrogens (tertiary/aromatic N) is 2. The van der Waals surface area contributed by atoms with Gasteiger partial charge in [0.2, 0.25) is 0 Å². The van der Waals surface area contributed by atoms with Crippen LogP contribution in [-0.2, 0) is 11.5 Å². The third-order valence-corrected chi connectivity index (χ3v) is 4.81. The van der Waals surface area contributed by atoms with Gasteiger partial charge in [-0.25, -0.2) is 9.97 Å². The van der Waals surface area contributed by atoms with E-state index in [2.05, 4.69) is 11.4 Å². The maximum Gasteiger partial charge on any atom is 0.142 e. The maximum absolute atomic E-state index is 5.75. The van der Waals surface area contributed by atoms with Crippen LogP contribution in [0.25, 0.3) is 0 Å². The molecule has 0 bridgehead atoms. The number of rotatable bonds is 2. The molecule has 0 radical (unpaired) electrons. The van der Waals surface area contributed by atoms with Crippen molar-refractivity contribution >= 4 is 17.6 Å². The first-order chi connectivity index (χ1) is 9.86. The van der Waals surface area contributed by atoms with E-state index < -0.39 is 0 Å². The molecule has 1 atom stereocenters. The summed E-state index contributed by atoms with van der Waals surface area (Å²) in [6.07, 6.45) is 0. The van der Waals surface area contributed by atoms with Crippen LogP contribution in [0.15, 0.2) is 24.3 Å². The highest BCUT2D eigenvalue weighted by Crippen LogP contribution is 2.39. The van der Waals surface area contributed by atoms with Crippen LogP contribution in [0.3, 0.4) is 0 Å². The smallest absolute Gasteiger partial charge is 0.142 e. The zero-order valence-corrected chi connectivity index (χ0v) is 12.0. The Morgan fingerprint density at radius 2 is 2.15 bits per heavy atom. The monoisotopic (exact) mass is 285 g/mol. The summed E-state index contributed by atoms with van der Waals surface area (Å²) >= 11 is 1.90. The minimum Gasteiger partial charge on any atom is -0.492 e. The number of hydrogen-bond donors (Lipinski definition) is 1. The standard InChI is InChI=1S/C15H15N3OS/c1-16-14-11-7-20-8-12(11)17-15(18-14)10-6-19-13-5-3-2-4-9(10)13/h2-5,10H,6-8H2,1H3,(H,16,17,18). The maximum atomic E-state index is 5.75. The number of aromatic nitrogens is 2. The summed E-state index contributed by atoms with van der Waals surface area (Å²) in [5.41, 5.74) is 3.63. The van der Waals surface area contributed by atoms with Gasteiger partial charge in [0.1, 0.15) is 24.0 Å². The quantitative estimate of drug-likeness (QED) is 0.919. The van der Waals surface area contributed by atoms with E-state index in [0.29, 0.717) is 6.61 Å². The lowest BCUT2D eigenvalue weighted by Gasteiger charge is -2.12. The Kier molecular flexibility index (Phi) is 2.80. The molecule has 0 fully saturated rings. The van der Waals surface area contributed by atoms with Gasteiger partial charge in [-0.1, -0.05) is 18.2 Å². The molecule has 5 heteroatoms. The predicted octanol–water partition coefficient (Wildman–Crippen LogP) is 2.79. The average molecular weight is 285 g/mol. The Morgan fingerprint density at radius 1 is 1.25 bits per heavy atom. The molecule has 0 saturated heterocycles. The van der Waals surface area contributed by atoms with Gasteiger partial charge in [-0.2, -0.15) is 11.8 Å². The molecule has 2 aliphatic rings. The molecule has 1 aromatic carbocycles. The first-order valence-electron chi connectivity index (χ1n) is 6.73.